The zero-order valence-electron chi connectivity index (χ0n) is 16.3. The van der Waals surface area contributed by atoms with Crippen molar-refractivity contribution in [3.05, 3.63) is 64.2 Å². The number of halogens is 2. The molecule has 0 fully saturated rings. The molecule has 160 valence electrons. The Morgan fingerprint density at radius 2 is 1.81 bits per heavy atom. The molecule has 1 aliphatic heterocycles. The minimum atomic E-state index is -0.922. The highest BCUT2D eigenvalue weighted by molar-refractivity contribution is 6.37. The van der Waals surface area contributed by atoms with Crippen LogP contribution in [0.4, 0.5) is 0 Å². The van der Waals surface area contributed by atoms with E-state index in [0.717, 1.165) is 0 Å². The van der Waals surface area contributed by atoms with Crippen LogP contribution in [0.25, 0.3) is 5.69 Å². The molecule has 1 aromatic heterocycles. The lowest BCUT2D eigenvalue weighted by molar-refractivity contribution is -0.131. The van der Waals surface area contributed by atoms with Gasteiger partial charge >= 0.3 is 5.91 Å². The van der Waals surface area contributed by atoms with Crippen LogP contribution in [-0.4, -0.2) is 39.3 Å². The Kier molecular flexibility index (Phi) is 5.97. The largest absolute Gasteiger partial charge is 0.485 e. The second kappa shape index (κ2) is 8.83. The number of carbonyl (C=O) groups is 2. The molecule has 3 aromatic rings. The summed E-state index contributed by atoms with van der Waals surface area (Å²) >= 11 is 12.5. The summed E-state index contributed by atoms with van der Waals surface area (Å²) in [6, 6.07) is 12.0. The molecule has 2 N–H and O–H groups in total. The molecule has 0 spiro atoms. The van der Waals surface area contributed by atoms with E-state index >= 15 is 0 Å². The topological polar surface area (TPSA) is 107 Å². The van der Waals surface area contributed by atoms with Crippen molar-refractivity contribution in [2.75, 3.05) is 6.61 Å². The highest BCUT2D eigenvalue weighted by atomic mass is 35.5. The number of amides is 2. The van der Waals surface area contributed by atoms with Crippen molar-refractivity contribution in [3.8, 4) is 17.2 Å². The van der Waals surface area contributed by atoms with Crippen molar-refractivity contribution < 1.29 is 19.1 Å². The molecule has 2 aromatic carbocycles. The van der Waals surface area contributed by atoms with Crippen LogP contribution in [0.15, 0.2) is 42.5 Å². The summed E-state index contributed by atoms with van der Waals surface area (Å²) in [5.74, 6) is 0.0427. The molecular formula is C20H17Cl2N5O4. The summed E-state index contributed by atoms with van der Waals surface area (Å²) in [5, 5.41) is 4.94. The van der Waals surface area contributed by atoms with Crippen molar-refractivity contribution in [3.63, 3.8) is 0 Å². The van der Waals surface area contributed by atoms with Gasteiger partial charge in [-0.1, -0.05) is 48.3 Å². The van der Waals surface area contributed by atoms with E-state index < -0.39 is 17.9 Å². The van der Waals surface area contributed by atoms with Gasteiger partial charge in [-0.25, -0.2) is 9.67 Å². The first kappa shape index (κ1) is 21.0. The number of aryl methyl sites for hydroxylation is 1. The minimum absolute atomic E-state index is 0.0105. The zero-order valence-corrected chi connectivity index (χ0v) is 17.8. The van der Waals surface area contributed by atoms with Crippen molar-refractivity contribution >= 4 is 35.0 Å². The van der Waals surface area contributed by atoms with Gasteiger partial charge in [-0.2, -0.15) is 0 Å². The predicted octanol–water partition coefficient (Wildman–Crippen LogP) is 2.74. The van der Waals surface area contributed by atoms with Gasteiger partial charge in [0.2, 0.25) is 11.9 Å². The third-order valence-corrected chi connectivity index (χ3v) is 5.05. The van der Waals surface area contributed by atoms with E-state index in [0.29, 0.717) is 39.5 Å². The van der Waals surface area contributed by atoms with Gasteiger partial charge in [0.25, 0.3) is 5.91 Å². The van der Waals surface area contributed by atoms with Crippen LogP contribution in [0.5, 0.6) is 11.5 Å². The van der Waals surface area contributed by atoms with E-state index in [2.05, 4.69) is 20.9 Å². The van der Waals surface area contributed by atoms with Crippen molar-refractivity contribution in [2.45, 2.75) is 19.4 Å². The van der Waals surface area contributed by atoms with Crippen LogP contribution >= 0.6 is 23.2 Å². The lowest BCUT2D eigenvalue weighted by atomic mass is 10.2. The van der Waals surface area contributed by atoms with E-state index in [1.807, 2.05) is 6.92 Å². The van der Waals surface area contributed by atoms with E-state index in [-0.39, 0.29) is 12.4 Å². The molecule has 4 rings (SSSR count). The first-order chi connectivity index (χ1) is 15.0. The maximum absolute atomic E-state index is 12.5. The van der Waals surface area contributed by atoms with Crippen molar-refractivity contribution in [1.82, 2.24) is 25.6 Å². The number of para-hydroxylation sites is 3. The van der Waals surface area contributed by atoms with E-state index in [4.69, 9.17) is 32.7 Å². The molecular weight excluding hydrogens is 445 g/mol. The fraction of sp³-hybridized carbons (Fsp3) is 0.200. The quantitative estimate of drug-likeness (QED) is 0.578. The monoisotopic (exact) mass is 461 g/mol. The molecule has 1 atom stereocenters. The summed E-state index contributed by atoms with van der Waals surface area (Å²) in [5.41, 5.74) is 5.01. The van der Waals surface area contributed by atoms with Gasteiger partial charge in [-0.3, -0.25) is 20.4 Å². The highest BCUT2D eigenvalue weighted by Gasteiger charge is 2.28. The second-order valence-electron chi connectivity index (χ2n) is 6.49. The lowest BCUT2D eigenvalue weighted by Gasteiger charge is -2.25. The van der Waals surface area contributed by atoms with Gasteiger partial charge in [0.05, 0.1) is 10.0 Å². The Morgan fingerprint density at radius 3 is 2.52 bits per heavy atom. The van der Waals surface area contributed by atoms with Gasteiger partial charge in [0.15, 0.2) is 11.5 Å². The predicted molar refractivity (Wildman–Crippen MR) is 113 cm³/mol. The molecule has 1 aliphatic rings. The van der Waals surface area contributed by atoms with Gasteiger partial charge < -0.3 is 9.47 Å². The number of rotatable bonds is 4. The molecule has 11 heteroatoms. The number of fused-ring (bicyclic) bond motifs is 1. The minimum Gasteiger partial charge on any atom is -0.485 e. The Morgan fingerprint density at radius 1 is 1.10 bits per heavy atom. The van der Waals surface area contributed by atoms with Crippen molar-refractivity contribution in [1.29, 1.82) is 0 Å². The molecule has 0 radical (unpaired) electrons. The molecule has 9 nitrogen and oxygen atoms in total. The van der Waals surface area contributed by atoms with Gasteiger partial charge in [-0.15, -0.1) is 5.10 Å². The summed E-state index contributed by atoms with van der Waals surface area (Å²) < 4.78 is 12.5. The Hall–Kier alpha value is -3.30. The summed E-state index contributed by atoms with van der Waals surface area (Å²) in [6.45, 7) is 1.86. The molecule has 0 saturated heterocycles. The van der Waals surface area contributed by atoms with E-state index in [9.17, 15) is 9.59 Å². The average molecular weight is 462 g/mol. The number of hydrogen-bond acceptors (Lipinski definition) is 6. The molecule has 0 bridgehead atoms. The molecule has 2 amide bonds. The highest BCUT2D eigenvalue weighted by Crippen LogP contribution is 2.31. The zero-order chi connectivity index (χ0) is 22.0. The number of nitrogens with zero attached hydrogens (tertiary/aromatic N) is 3. The number of ether oxygens (including phenoxy) is 2. The Labute approximate surface area is 187 Å². The average Bonchev–Trinajstić information content (AvgIpc) is 3.21. The molecule has 0 saturated carbocycles. The molecule has 1 unspecified atom stereocenters. The number of aromatic nitrogens is 3. The van der Waals surface area contributed by atoms with Crippen LogP contribution in [0.3, 0.4) is 0 Å². The number of hydrogen-bond donors (Lipinski definition) is 2. The third-order valence-electron chi connectivity index (χ3n) is 4.44. The number of carbonyl (C=O) groups excluding carboxylic acids is 2. The number of nitrogens with one attached hydrogen (secondary N) is 2. The lowest BCUT2D eigenvalue weighted by Crippen LogP contribution is -2.51. The molecule has 2 heterocycles. The summed E-state index contributed by atoms with van der Waals surface area (Å²) in [6.07, 6.45) is -0.449. The van der Waals surface area contributed by atoms with Crippen LogP contribution in [0, 0.1) is 0 Å². The normalized spacial score (nSPS) is 14.7. The fourth-order valence-corrected chi connectivity index (χ4v) is 3.50. The van der Waals surface area contributed by atoms with Crippen LogP contribution in [0.1, 0.15) is 23.4 Å². The van der Waals surface area contributed by atoms with E-state index in [1.165, 1.54) is 4.68 Å². The van der Waals surface area contributed by atoms with Crippen LogP contribution in [0.2, 0.25) is 10.0 Å². The fourth-order valence-electron chi connectivity index (χ4n) is 2.94. The molecule has 31 heavy (non-hydrogen) atoms. The Balaban J connectivity index is 1.45. The number of benzene rings is 2. The molecule has 0 aliphatic carbocycles. The maximum Gasteiger partial charge on any atom is 0.309 e. The smallest absolute Gasteiger partial charge is 0.309 e. The van der Waals surface area contributed by atoms with Gasteiger partial charge in [0, 0.05) is 6.42 Å². The standard InChI is InChI=1S/C20H17Cl2N5O4/c1-2-16-23-18(26-27(16)17-11(21)6-5-7-12(17)22)20(29)25-24-19(28)15-10-30-13-8-3-4-9-14(13)31-15/h3-9,15H,2,10H2,1H3,(H,24,28)(H,25,29). The maximum atomic E-state index is 12.5. The van der Waals surface area contributed by atoms with Gasteiger partial charge in [-0.05, 0) is 24.3 Å². The third kappa shape index (κ3) is 4.28. The Bertz CT molecular complexity index is 1130. The SMILES string of the molecule is CCc1nc(C(=O)NNC(=O)C2COc3ccccc3O2)nn1-c1c(Cl)cccc1Cl. The van der Waals surface area contributed by atoms with Crippen LogP contribution < -0.4 is 20.3 Å². The van der Waals surface area contributed by atoms with Crippen molar-refractivity contribution in [2.24, 2.45) is 0 Å². The van der Waals surface area contributed by atoms with E-state index in [1.54, 1.807) is 42.5 Å². The van der Waals surface area contributed by atoms with Crippen LogP contribution in [-0.2, 0) is 11.2 Å². The summed E-state index contributed by atoms with van der Waals surface area (Å²) in [7, 11) is 0. The summed E-state index contributed by atoms with van der Waals surface area (Å²) in [4.78, 5) is 29.1. The number of hydrazine groups is 1. The first-order valence-electron chi connectivity index (χ1n) is 9.37. The first-order valence-corrected chi connectivity index (χ1v) is 10.1. The van der Waals surface area contributed by atoms with Gasteiger partial charge in [0.1, 0.15) is 18.1 Å². The second-order valence-corrected chi connectivity index (χ2v) is 7.31.